The fourth-order valence-corrected chi connectivity index (χ4v) is 3.16. The van der Waals surface area contributed by atoms with Crippen molar-refractivity contribution in [2.45, 2.75) is 13.8 Å². The normalized spacial score (nSPS) is 10.6. The molecule has 2 heterocycles. The number of rotatable bonds is 8. The lowest BCUT2D eigenvalue weighted by Crippen LogP contribution is -2.29. The number of aromatic nitrogens is 4. The van der Waals surface area contributed by atoms with Crippen molar-refractivity contribution in [2.75, 3.05) is 23.7 Å². The molecule has 0 radical (unpaired) electrons. The van der Waals surface area contributed by atoms with Crippen LogP contribution >= 0.6 is 0 Å². The number of aryl methyl sites for hydroxylation is 2. The number of hydrogen-bond donors (Lipinski definition) is 3. The van der Waals surface area contributed by atoms with Gasteiger partial charge >= 0.3 is 0 Å². The van der Waals surface area contributed by atoms with Crippen LogP contribution in [0.15, 0.2) is 73.1 Å². The lowest BCUT2D eigenvalue weighted by molar-refractivity contribution is 0.0955. The minimum atomic E-state index is -0.146. The van der Waals surface area contributed by atoms with E-state index in [1.165, 1.54) is 5.56 Å². The Morgan fingerprint density at radius 3 is 2.59 bits per heavy atom. The SMILES string of the molecule is Cc1ccc(Nc2cc(C)nc(NCCNC(=O)c3cccc(-n4cccn4)c3)n2)cc1. The third-order valence-electron chi connectivity index (χ3n) is 4.75. The highest BCUT2D eigenvalue weighted by molar-refractivity contribution is 5.94. The molecule has 0 spiro atoms. The Balaban J connectivity index is 1.31. The van der Waals surface area contributed by atoms with Crippen molar-refractivity contribution >= 4 is 23.4 Å². The highest BCUT2D eigenvalue weighted by Crippen LogP contribution is 2.17. The van der Waals surface area contributed by atoms with Gasteiger partial charge in [0.2, 0.25) is 5.95 Å². The molecule has 0 aliphatic rings. The maximum absolute atomic E-state index is 12.5. The Hall–Kier alpha value is -4.20. The number of anilines is 3. The minimum absolute atomic E-state index is 0.146. The summed E-state index contributed by atoms with van der Waals surface area (Å²) in [6.45, 7) is 4.90. The predicted octanol–water partition coefficient (Wildman–Crippen LogP) is 3.86. The second-order valence-corrected chi connectivity index (χ2v) is 7.39. The molecular weight excluding hydrogens is 402 g/mol. The molecule has 0 saturated carbocycles. The van der Waals surface area contributed by atoms with Gasteiger partial charge in [-0.25, -0.2) is 9.67 Å². The molecule has 32 heavy (non-hydrogen) atoms. The monoisotopic (exact) mass is 427 g/mol. The van der Waals surface area contributed by atoms with E-state index < -0.39 is 0 Å². The Morgan fingerprint density at radius 1 is 0.969 bits per heavy atom. The molecule has 162 valence electrons. The van der Waals surface area contributed by atoms with E-state index in [1.54, 1.807) is 16.9 Å². The highest BCUT2D eigenvalue weighted by Gasteiger charge is 2.07. The fourth-order valence-electron chi connectivity index (χ4n) is 3.16. The van der Waals surface area contributed by atoms with Crippen molar-refractivity contribution in [3.63, 3.8) is 0 Å². The van der Waals surface area contributed by atoms with Gasteiger partial charge in [0.1, 0.15) is 5.82 Å². The second kappa shape index (κ2) is 9.74. The number of benzene rings is 2. The Kier molecular flexibility index (Phi) is 6.41. The van der Waals surface area contributed by atoms with Crippen LogP contribution < -0.4 is 16.0 Å². The average Bonchev–Trinajstić information content (AvgIpc) is 3.33. The summed E-state index contributed by atoms with van der Waals surface area (Å²) in [5.41, 5.74) is 4.42. The molecule has 1 amide bonds. The van der Waals surface area contributed by atoms with Crippen molar-refractivity contribution in [1.29, 1.82) is 0 Å². The molecule has 0 saturated heterocycles. The summed E-state index contributed by atoms with van der Waals surface area (Å²) >= 11 is 0. The molecule has 0 aliphatic heterocycles. The largest absolute Gasteiger partial charge is 0.352 e. The quantitative estimate of drug-likeness (QED) is 0.370. The lowest BCUT2D eigenvalue weighted by Gasteiger charge is -2.11. The first-order valence-corrected chi connectivity index (χ1v) is 10.4. The molecule has 8 nitrogen and oxygen atoms in total. The van der Waals surface area contributed by atoms with Gasteiger partial charge in [-0.05, 0) is 50.2 Å². The first kappa shape index (κ1) is 21.0. The summed E-state index contributed by atoms with van der Waals surface area (Å²) in [6.07, 6.45) is 3.54. The summed E-state index contributed by atoms with van der Waals surface area (Å²) in [5, 5.41) is 13.6. The van der Waals surface area contributed by atoms with E-state index in [-0.39, 0.29) is 5.91 Å². The van der Waals surface area contributed by atoms with E-state index in [1.807, 2.05) is 67.7 Å². The summed E-state index contributed by atoms with van der Waals surface area (Å²) in [5.74, 6) is 1.07. The number of nitrogens with zero attached hydrogens (tertiary/aromatic N) is 4. The number of carbonyl (C=O) groups excluding carboxylic acids is 1. The molecule has 0 atom stereocenters. The number of carbonyl (C=O) groups is 1. The van der Waals surface area contributed by atoms with E-state index in [0.29, 0.717) is 30.4 Å². The molecule has 3 N–H and O–H groups in total. The fraction of sp³-hybridized carbons (Fsp3) is 0.167. The van der Waals surface area contributed by atoms with Gasteiger partial charge in [-0.2, -0.15) is 10.1 Å². The maximum atomic E-state index is 12.5. The van der Waals surface area contributed by atoms with Crippen LogP contribution in [0.5, 0.6) is 0 Å². The Bertz CT molecular complexity index is 1190. The van der Waals surface area contributed by atoms with Crippen LogP contribution in [0.2, 0.25) is 0 Å². The molecule has 0 unspecified atom stereocenters. The zero-order valence-electron chi connectivity index (χ0n) is 18.0. The summed E-state index contributed by atoms with van der Waals surface area (Å²) < 4.78 is 1.72. The van der Waals surface area contributed by atoms with Crippen molar-refractivity contribution in [3.8, 4) is 5.69 Å². The first-order chi connectivity index (χ1) is 15.6. The van der Waals surface area contributed by atoms with Crippen molar-refractivity contribution in [1.82, 2.24) is 25.1 Å². The number of hydrogen-bond acceptors (Lipinski definition) is 6. The van der Waals surface area contributed by atoms with Gasteiger partial charge in [-0.15, -0.1) is 0 Å². The third kappa shape index (κ3) is 5.48. The molecule has 8 heteroatoms. The average molecular weight is 428 g/mol. The van der Waals surface area contributed by atoms with E-state index in [9.17, 15) is 4.79 Å². The number of nitrogens with one attached hydrogen (secondary N) is 3. The maximum Gasteiger partial charge on any atom is 0.251 e. The van der Waals surface area contributed by atoms with Gasteiger partial charge in [0.05, 0.1) is 5.69 Å². The van der Waals surface area contributed by atoms with Crippen LogP contribution in [-0.4, -0.2) is 38.7 Å². The smallest absolute Gasteiger partial charge is 0.251 e. The summed E-state index contributed by atoms with van der Waals surface area (Å²) in [7, 11) is 0. The molecule has 4 aromatic rings. The van der Waals surface area contributed by atoms with Gasteiger partial charge in [-0.1, -0.05) is 23.8 Å². The van der Waals surface area contributed by atoms with Gasteiger partial charge in [0, 0.05) is 48.5 Å². The van der Waals surface area contributed by atoms with Gasteiger partial charge < -0.3 is 16.0 Å². The van der Waals surface area contributed by atoms with E-state index in [2.05, 4.69) is 37.9 Å². The molecule has 0 fully saturated rings. The predicted molar refractivity (Wildman–Crippen MR) is 126 cm³/mol. The van der Waals surface area contributed by atoms with Crippen LogP contribution in [0, 0.1) is 13.8 Å². The van der Waals surface area contributed by atoms with Crippen molar-refractivity contribution in [2.24, 2.45) is 0 Å². The molecular formula is C24H25N7O. The van der Waals surface area contributed by atoms with Gasteiger partial charge in [0.25, 0.3) is 5.91 Å². The molecule has 0 bridgehead atoms. The summed E-state index contributed by atoms with van der Waals surface area (Å²) in [4.78, 5) is 21.4. The van der Waals surface area contributed by atoms with E-state index in [0.717, 1.165) is 17.1 Å². The van der Waals surface area contributed by atoms with Crippen molar-refractivity contribution in [3.05, 3.63) is 89.9 Å². The van der Waals surface area contributed by atoms with Crippen LogP contribution in [0.1, 0.15) is 21.6 Å². The van der Waals surface area contributed by atoms with Crippen LogP contribution in [0.3, 0.4) is 0 Å². The topological polar surface area (TPSA) is 96.8 Å². The standard InChI is InChI=1S/C24H25N7O/c1-17-7-9-20(10-8-17)29-22-15-18(2)28-24(30-22)26-13-12-25-23(32)19-5-3-6-21(16-19)31-14-4-11-27-31/h3-11,14-16H,12-13H2,1-2H3,(H,25,32)(H2,26,28,29,30). The number of amides is 1. The third-order valence-corrected chi connectivity index (χ3v) is 4.75. The van der Waals surface area contributed by atoms with Gasteiger partial charge in [0.15, 0.2) is 0 Å². The second-order valence-electron chi connectivity index (χ2n) is 7.39. The van der Waals surface area contributed by atoms with Crippen LogP contribution in [0.4, 0.5) is 17.5 Å². The first-order valence-electron chi connectivity index (χ1n) is 10.4. The van der Waals surface area contributed by atoms with Crippen molar-refractivity contribution < 1.29 is 4.79 Å². The van der Waals surface area contributed by atoms with E-state index in [4.69, 9.17) is 0 Å². The van der Waals surface area contributed by atoms with E-state index >= 15 is 0 Å². The Morgan fingerprint density at radius 2 is 1.81 bits per heavy atom. The highest BCUT2D eigenvalue weighted by atomic mass is 16.1. The lowest BCUT2D eigenvalue weighted by atomic mass is 10.2. The van der Waals surface area contributed by atoms with Gasteiger partial charge in [-0.3, -0.25) is 4.79 Å². The summed E-state index contributed by atoms with van der Waals surface area (Å²) in [6, 6.07) is 19.2. The Labute approximate surface area is 186 Å². The minimum Gasteiger partial charge on any atom is -0.352 e. The van der Waals surface area contributed by atoms with Crippen LogP contribution in [-0.2, 0) is 0 Å². The zero-order valence-corrected chi connectivity index (χ0v) is 18.0. The molecule has 4 rings (SSSR count). The molecule has 0 aliphatic carbocycles. The molecule has 2 aromatic carbocycles. The zero-order chi connectivity index (χ0) is 22.3. The van der Waals surface area contributed by atoms with Crippen LogP contribution in [0.25, 0.3) is 5.69 Å². The molecule has 2 aromatic heterocycles.